The maximum absolute atomic E-state index is 14.6. The smallest absolute Gasteiger partial charge is 0.410 e. The Kier molecular flexibility index (Phi) is 5.48. The molecule has 1 aliphatic rings. The highest BCUT2D eigenvalue weighted by molar-refractivity contribution is 5.76. The van der Waals surface area contributed by atoms with Gasteiger partial charge < -0.3 is 14.4 Å². The number of carbonyl (C=O) groups excluding carboxylic acids is 2. The number of rotatable bonds is 4. The van der Waals surface area contributed by atoms with E-state index < -0.39 is 34.7 Å². The Morgan fingerprint density at radius 3 is 2.45 bits per heavy atom. The molecule has 0 aromatic carbocycles. The van der Waals surface area contributed by atoms with Crippen LogP contribution in [0.2, 0.25) is 0 Å². The van der Waals surface area contributed by atoms with E-state index in [4.69, 9.17) is 4.74 Å². The van der Waals surface area contributed by atoms with E-state index in [1.165, 1.54) is 11.8 Å². The second kappa shape index (κ2) is 6.58. The number of alkyl halides is 1. The van der Waals surface area contributed by atoms with Gasteiger partial charge in [-0.1, -0.05) is 0 Å². The Bertz CT molecular complexity index is 445. The summed E-state index contributed by atoms with van der Waals surface area (Å²) in [7, 11) is 0. The minimum Gasteiger partial charge on any atom is -0.444 e. The number of nitro groups is 1. The number of amides is 1. The third-order valence-corrected chi connectivity index (χ3v) is 3.62. The normalized spacial score (nSPS) is 25.7. The molecule has 1 heterocycles. The molecule has 0 saturated carbocycles. The van der Waals surface area contributed by atoms with Crippen LogP contribution >= 0.6 is 0 Å². The van der Waals surface area contributed by atoms with Crippen molar-refractivity contribution in [2.75, 3.05) is 19.6 Å². The first kappa shape index (κ1) is 18.3. The summed E-state index contributed by atoms with van der Waals surface area (Å²) in [5.74, 6) is -0.296. The van der Waals surface area contributed by atoms with Crippen LogP contribution in [-0.2, 0) is 9.53 Å². The fraction of sp³-hybridized carbons (Fsp3) is 0.857. The van der Waals surface area contributed by atoms with Crippen LogP contribution in [0, 0.1) is 15.5 Å². The van der Waals surface area contributed by atoms with E-state index in [1.54, 1.807) is 20.8 Å². The Morgan fingerprint density at radius 2 is 2.05 bits per heavy atom. The molecule has 0 radical (unpaired) electrons. The zero-order chi connectivity index (χ0) is 17.1. The monoisotopic (exact) mass is 318 g/mol. The van der Waals surface area contributed by atoms with Gasteiger partial charge in [0.2, 0.25) is 6.54 Å². The highest BCUT2D eigenvalue weighted by Gasteiger charge is 2.49. The fourth-order valence-corrected chi connectivity index (χ4v) is 2.67. The number of carbonyl (C=O) groups is 2. The number of Topliss-reactive ketones (excluding diaryl/α,β-unsaturated/α-hetero) is 1. The molecule has 1 aliphatic heterocycles. The number of halogens is 1. The largest absolute Gasteiger partial charge is 0.444 e. The van der Waals surface area contributed by atoms with E-state index >= 15 is 0 Å². The van der Waals surface area contributed by atoms with Crippen LogP contribution in [0.3, 0.4) is 0 Å². The summed E-state index contributed by atoms with van der Waals surface area (Å²) in [5.41, 5.74) is -2.04. The third-order valence-electron chi connectivity index (χ3n) is 3.62. The molecule has 1 rings (SSSR count). The molecule has 0 aromatic rings. The van der Waals surface area contributed by atoms with Crippen LogP contribution in [0.4, 0.5) is 9.18 Å². The van der Waals surface area contributed by atoms with Gasteiger partial charge in [0.05, 0.1) is 12.0 Å². The molecular formula is C14H23FN2O5. The Balaban J connectivity index is 2.83. The van der Waals surface area contributed by atoms with Gasteiger partial charge in [0.15, 0.2) is 0 Å². The van der Waals surface area contributed by atoms with Crippen molar-refractivity contribution >= 4 is 11.9 Å². The SMILES string of the molecule is CC(=O)CC1(C[N+](=O)[O-])CCN(C(=O)OC(C)(C)C)C[C@@H]1F. The maximum atomic E-state index is 14.6. The zero-order valence-corrected chi connectivity index (χ0v) is 13.4. The van der Waals surface area contributed by atoms with Crippen LogP contribution in [0.1, 0.15) is 40.5 Å². The molecule has 1 unspecified atom stereocenters. The van der Waals surface area contributed by atoms with Crippen LogP contribution in [-0.4, -0.2) is 53.1 Å². The third kappa shape index (κ3) is 4.92. The molecule has 0 spiro atoms. The van der Waals surface area contributed by atoms with Gasteiger partial charge in [-0.2, -0.15) is 0 Å². The average Bonchev–Trinajstić information content (AvgIpc) is 2.28. The second-order valence-corrected chi connectivity index (χ2v) is 6.88. The first-order chi connectivity index (χ1) is 9.95. The highest BCUT2D eigenvalue weighted by atomic mass is 19.1. The molecule has 0 N–H and O–H groups in total. The lowest BCUT2D eigenvalue weighted by Crippen LogP contribution is -2.54. The van der Waals surface area contributed by atoms with Gasteiger partial charge in [-0.25, -0.2) is 9.18 Å². The predicted molar refractivity (Wildman–Crippen MR) is 76.9 cm³/mol. The van der Waals surface area contributed by atoms with Gasteiger partial charge in [-0.15, -0.1) is 0 Å². The van der Waals surface area contributed by atoms with E-state index in [-0.39, 0.29) is 31.7 Å². The number of ketones is 1. The molecule has 22 heavy (non-hydrogen) atoms. The molecule has 2 atom stereocenters. The summed E-state index contributed by atoms with van der Waals surface area (Å²) >= 11 is 0. The van der Waals surface area contributed by atoms with Crippen molar-refractivity contribution in [2.24, 2.45) is 5.41 Å². The quantitative estimate of drug-likeness (QED) is 0.585. The van der Waals surface area contributed by atoms with Gasteiger partial charge in [-0.3, -0.25) is 10.1 Å². The molecule has 1 amide bonds. The van der Waals surface area contributed by atoms with Gasteiger partial charge in [-0.05, 0) is 34.1 Å². The van der Waals surface area contributed by atoms with Crippen molar-refractivity contribution in [2.45, 2.75) is 52.3 Å². The first-order valence-electron chi connectivity index (χ1n) is 7.18. The second-order valence-electron chi connectivity index (χ2n) is 6.88. The summed E-state index contributed by atoms with van der Waals surface area (Å²) in [4.78, 5) is 34.7. The number of hydrogen-bond acceptors (Lipinski definition) is 5. The number of nitrogens with zero attached hydrogens (tertiary/aromatic N) is 2. The number of likely N-dealkylation sites (tertiary alicyclic amines) is 1. The van der Waals surface area contributed by atoms with Crippen molar-refractivity contribution in [3.63, 3.8) is 0 Å². The summed E-state index contributed by atoms with van der Waals surface area (Å²) < 4.78 is 19.7. The minimum absolute atomic E-state index is 0.0635. The lowest BCUT2D eigenvalue weighted by atomic mass is 9.73. The summed E-state index contributed by atoms with van der Waals surface area (Å²) in [5, 5.41) is 10.8. The lowest BCUT2D eigenvalue weighted by molar-refractivity contribution is -0.501. The molecule has 0 bridgehead atoms. The van der Waals surface area contributed by atoms with Crippen molar-refractivity contribution in [1.29, 1.82) is 0 Å². The summed E-state index contributed by atoms with van der Waals surface area (Å²) in [6.45, 7) is 5.62. The van der Waals surface area contributed by atoms with Crippen LogP contribution in [0.5, 0.6) is 0 Å². The van der Waals surface area contributed by atoms with Gasteiger partial charge in [0.1, 0.15) is 17.6 Å². The van der Waals surface area contributed by atoms with Gasteiger partial charge in [0, 0.05) is 17.9 Å². The Labute approximate surface area is 128 Å². The number of ether oxygens (including phenoxy) is 1. The molecule has 1 saturated heterocycles. The van der Waals surface area contributed by atoms with Crippen molar-refractivity contribution in [1.82, 2.24) is 4.90 Å². The van der Waals surface area contributed by atoms with Gasteiger partial charge >= 0.3 is 6.09 Å². The van der Waals surface area contributed by atoms with Crippen LogP contribution in [0.25, 0.3) is 0 Å². The lowest BCUT2D eigenvalue weighted by Gasteiger charge is -2.41. The molecule has 7 nitrogen and oxygen atoms in total. The molecule has 8 heteroatoms. The van der Waals surface area contributed by atoms with E-state index in [0.29, 0.717) is 0 Å². The predicted octanol–water partition coefficient (Wildman–Crippen LogP) is 2.21. The van der Waals surface area contributed by atoms with E-state index in [1.807, 2.05) is 0 Å². The van der Waals surface area contributed by atoms with Crippen molar-refractivity contribution in [3.8, 4) is 0 Å². The number of piperidine rings is 1. The van der Waals surface area contributed by atoms with E-state index in [0.717, 1.165) is 0 Å². The first-order valence-corrected chi connectivity index (χ1v) is 7.18. The summed E-state index contributed by atoms with van der Waals surface area (Å²) in [6.07, 6.45) is -2.42. The standard InChI is InChI=1S/C14H23FN2O5/c1-10(18)7-14(9-17(20)21)5-6-16(8-11(14)15)12(19)22-13(2,3)4/h11H,5-9H2,1-4H3/t11-,14?/m0/s1. The van der Waals surface area contributed by atoms with Gasteiger partial charge in [0.25, 0.3) is 0 Å². The fourth-order valence-electron chi connectivity index (χ4n) is 2.67. The van der Waals surface area contributed by atoms with Crippen LogP contribution in [0.15, 0.2) is 0 Å². The number of hydrogen-bond donors (Lipinski definition) is 0. The maximum Gasteiger partial charge on any atom is 0.410 e. The average molecular weight is 318 g/mol. The molecule has 126 valence electrons. The molecule has 1 fully saturated rings. The van der Waals surface area contributed by atoms with E-state index in [2.05, 4.69) is 0 Å². The summed E-state index contributed by atoms with van der Waals surface area (Å²) in [6, 6.07) is 0. The Hall–Kier alpha value is -1.73. The minimum atomic E-state index is -1.64. The zero-order valence-electron chi connectivity index (χ0n) is 13.4. The molecule has 0 aromatic heterocycles. The Morgan fingerprint density at radius 1 is 1.45 bits per heavy atom. The topological polar surface area (TPSA) is 89.8 Å². The van der Waals surface area contributed by atoms with Crippen molar-refractivity contribution < 1.29 is 23.6 Å². The van der Waals surface area contributed by atoms with Crippen LogP contribution < -0.4 is 0 Å². The van der Waals surface area contributed by atoms with E-state index in [9.17, 15) is 24.1 Å². The van der Waals surface area contributed by atoms with Crippen molar-refractivity contribution in [3.05, 3.63) is 10.1 Å². The molecule has 0 aliphatic carbocycles. The molecular weight excluding hydrogens is 295 g/mol. The highest BCUT2D eigenvalue weighted by Crippen LogP contribution is 2.38.